The lowest BCUT2D eigenvalue weighted by atomic mass is 9.85. The first-order chi connectivity index (χ1) is 13.1. The molecule has 148 valence electrons. The Hall–Kier alpha value is -1.57. The predicted molar refractivity (Wildman–Crippen MR) is 108 cm³/mol. The number of nitrogens with zero attached hydrogens (tertiary/aromatic N) is 2. The third-order valence-corrected chi connectivity index (χ3v) is 6.44. The summed E-state index contributed by atoms with van der Waals surface area (Å²) in [6, 6.07) is 10.1. The van der Waals surface area contributed by atoms with Crippen LogP contribution in [0.2, 0.25) is 0 Å². The molecule has 1 unspecified atom stereocenters. The fourth-order valence-corrected chi connectivity index (χ4v) is 4.89. The van der Waals surface area contributed by atoms with Crippen molar-refractivity contribution in [2.24, 2.45) is 0 Å². The van der Waals surface area contributed by atoms with Gasteiger partial charge >= 0.3 is 5.97 Å². The number of carboxylic acids is 1. The molecule has 1 aromatic rings. The van der Waals surface area contributed by atoms with Gasteiger partial charge in [-0.05, 0) is 24.9 Å². The molecule has 0 bridgehead atoms. The van der Waals surface area contributed by atoms with Gasteiger partial charge < -0.3 is 10.4 Å². The normalized spacial score (nSPS) is 24.2. The number of carboxylic acid groups (broad SMARTS) is 1. The van der Waals surface area contributed by atoms with Crippen LogP contribution < -0.4 is 5.32 Å². The fraction of sp³-hybridized carbons (Fsp3) is 0.600. The van der Waals surface area contributed by atoms with Crippen LogP contribution in [0.4, 0.5) is 0 Å². The minimum Gasteiger partial charge on any atom is -0.480 e. The van der Waals surface area contributed by atoms with Crippen LogP contribution in [0.25, 0.3) is 0 Å². The lowest BCUT2D eigenvalue weighted by Crippen LogP contribution is -2.56. The van der Waals surface area contributed by atoms with Crippen molar-refractivity contribution in [3.05, 3.63) is 35.9 Å². The van der Waals surface area contributed by atoms with E-state index < -0.39 is 5.97 Å². The van der Waals surface area contributed by atoms with E-state index in [4.69, 9.17) is 5.11 Å². The Morgan fingerprint density at radius 2 is 1.93 bits per heavy atom. The van der Waals surface area contributed by atoms with Gasteiger partial charge in [0.2, 0.25) is 5.91 Å². The summed E-state index contributed by atoms with van der Waals surface area (Å²) < 4.78 is 0. The van der Waals surface area contributed by atoms with Crippen molar-refractivity contribution >= 4 is 23.6 Å². The van der Waals surface area contributed by atoms with Crippen molar-refractivity contribution in [1.29, 1.82) is 0 Å². The summed E-state index contributed by atoms with van der Waals surface area (Å²) in [6.45, 7) is 4.62. The van der Waals surface area contributed by atoms with E-state index in [1.807, 2.05) is 53.9 Å². The number of hydrogen-bond donors (Lipinski definition) is 2. The van der Waals surface area contributed by atoms with Crippen molar-refractivity contribution in [2.75, 3.05) is 37.7 Å². The highest BCUT2D eigenvalue weighted by Crippen LogP contribution is 2.29. The maximum absolute atomic E-state index is 13.1. The molecule has 27 heavy (non-hydrogen) atoms. The summed E-state index contributed by atoms with van der Waals surface area (Å²) in [5.41, 5.74) is 1.04. The highest BCUT2D eigenvalue weighted by atomic mass is 32.2. The molecule has 2 N–H and O–H groups in total. The zero-order valence-electron chi connectivity index (χ0n) is 15.8. The number of thioether (sulfide) groups is 1. The zero-order valence-corrected chi connectivity index (χ0v) is 16.7. The highest BCUT2D eigenvalue weighted by molar-refractivity contribution is 7.99. The van der Waals surface area contributed by atoms with E-state index in [0.29, 0.717) is 0 Å². The number of hydrogen-bond acceptors (Lipinski definition) is 5. The van der Waals surface area contributed by atoms with Crippen molar-refractivity contribution < 1.29 is 14.7 Å². The minimum absolute atomic E-state index is 0.0674. The Balaban J connectivity index is 1.60. The molecule has 1 aliphatic heterocycles. The van der Waals surface area contributed by atoms with Crippen LogP contribution in [0, 0.1) is 0 Å². The van der Waals surface area contributed by atoms with Crippen LogP contribution in [-0.2, 0) is 9.59 Å². The Kier molecular flexibility index (Phi) is 7.15. The van der Waals surface area contributed by atoms with Gasteiger partial charge in [0, 0.05) is 36.7 Å². The first kappa shape index (κ1) is 20.2. The molecular formula is C20H29N3O3S. The van der Waals surface area contributed by atoms with E-state index in [2.05, 4.69) is 10.2 Å². The molecule has 0 spiro atoms. The van der Waals surface area contributed by atoms with E-state index in [1.54, 1.807) is 0 Å². The van der Waals surface area contributed by atoms with Crippen LogP contribution in [0.15, 0.2) is 30.3 Å². The molecule has 1 aliphatic carbocycles. The van der Waals surface area contributed by atoms with E-state index in [9.17, 15) is 9.59 Å². The van der Waals surface area contributed by atoms with Gasteiger partial charge in [-0.25, -0.2) is 0 Å². The summed E-state index contributed by atoms with van der Waals surface area (Å²) >= 11 is 1.94. The van der Waals surface area contributed by atoms with Gasteiger partial charge in [-0.1, -0.05) is 37.3 Å². The van der Waals surface area contributed by atoms with Crippen molar-refractivity contribution in [3.8, 4) is 0 Å². The molecule has 1 heterocycles. The van der Waals surface area contributed by atoms with Crippen LogP contribution in [0.5, 0.6) is 0 Å². The Morgan fingerprint density at radius 3 is 2.52 bits per heavy atom. The minimum atomic E-state index is -0.795. The van der Waals surface area contributed by atoms with Crippen LogP contribution in [-0.4, -0.2) is 76.6 Å². The van der Waals surface area contributed by atoms with Crippen LogP contribution >= 0.6 is 11.8 Å². The predicted octanol–water partition coefficient (Wildman–Crippen LogP) is 1.83. The summed E-state index contributed by atoms with van der Waals surface area (Å²) in [5, 5.41) is 12.2. The van der Waals surface area contributed by atoms with E-state index in [0.717, 1.165) is 49.5 Å². The molecule has 2 fully saturated rings. The summed E-state index contributed by atoms with van der Waals surface area (Å²) in [6.07, 6.45) is 1.65. The molecule has 7 heteroatoms. The average Bonchev–Trinajstić information content (AvgIpc) is 2.64. The van der Waals surface area contributed by atoms with Gasteiger partial charge in [-0.15, -0.1) is 0 Å². The van der Waals surface area contributed by atoms with Crippen molar-refractivity contribution in [2.45, 2.75) is 37.9 Å². The molecule has 1 amide bonds. The molecule has 1 saturated heterocycles. The summed E-state index contributed by atoms with van der Waals surface area (Å²) in [5.74, 6) is 1.39. The fourth-order valence-electron chi connectivity index (χ4n) is 3.96. The van der Waals surface area contributed by atoms with E-state index in [1.165, 1.54) is 0 Å². The number of nitrogens with one attached hydrogen (secondary N) is 1. The van der Waals surface area contributed by atoms with Gasteiger partial charge in [-0.3, -0.25) is 19.4 Å². The van der Waals surface area contributed by atoms with Crippen LogP contribution in [0.3, 0.4) is 0 Å². The second-order valence-electron chi connectivity index (χ2n) is 7.25. The summed E-state index contributed by atoms with van der Waals surface area (Å²) in [4.78, 5) is 28.3. The number of carbonyl (C=O) groups excluding carboxylic acids is 1. The highest BCUT2D eigenvalue weighted by Gasteiger charge is 2.37. The number of likely N-dealkylation sites (N-methyl/N-ethyl adjacent to an activating group) is 1. The monoisotopic (exact) mass is 391 g/mol. The molecular weight excluding hydrogens is 362 g/mol. The number of carbonyl (C=O) groups is 2. The molecule has 1 aromatic carbocycles. The molecule has 2 aliphatic rings. The number of aliphatic carboxylic acids is 1. The molecule has 1 saturated carbocycles. The first-order valence-corrected chi connectivity index (χ1v) is 10.9. The molecule has 6 nitrogen and oxygen atoms in total. The molecule has 0 radical (unpaired) electrons. The van der Waals surface area contributed by atoms with E-state index in [-0.39, 0.29) is 30.6 Å². The van der Waals surface area contributed by atoms with Crippen molar-refractivity contribution in [1.82, 2.24) is 15.1 Å². The Morgan fingerprint density at radius 1 is 1.26 bits per heavy atom. The quantitative estimate of drug-likeness (QED) is 0.704. The zero-order chi connectivity index (χ0) is 19.2. The van der Waals surface area contributed by atoms with E-state index >= 15 is 0 Å². The lowest BCUT2D eigenvalue weighted by Gasteiger charge is -2.43. The average molecular weight is 392 g/mol. The third-order valence-electron chi connectivity index (χ3n) is 5.49. The Labute approximate surface area is 165 Å². The smallest absolute Gasteiger partial charge is 0.317 e. The van der Waals surface area contributed by atoms with Gasteiger partial charge in [-0.2, -0.15) is 11.8 Å². The van der Waals surface area contributed by atoms with Crippen molar-refractivity contribution in [3.63, 3.8) is 0 Å². The SMILES string of the molecule is CCN(CC(=O)O)C1CC(NC(=O)C(c2ccccc2)N2CCSCC2)C1. The maximum Gasteiger partial charge on any atom is 0.317 e. The van der Waals surface area contributed by atoms with Gasteiger partial charge in [0.15, 0.2) is 0 Å². The number of benzene rings is 1. The molecule has 1 atom stereocenters. The van der Waals surface area contributed by atoms with Gasteiger partial charge in [0.25, 0.3) is 0 Å². The van der Waals surface area contributed by atoms with Gasteiger partial charge in [0.1, 0.15) is 6.04 Å². The van der Waals surface area contributed by atoms with Crippen LogP contribution in [0.1, 0.15) is 31.4 Å². The first-order valence-electron chi connectivity index (χ1n) is 9.71. The standard InChI is InChI=1S/C20H29N3O3S/c1-2-22(14-18(24)25)17-12-16(13-17)21-20(26)19(15-6-4-3-5-7-15)23-8-10-27-11-9-23/h3-7,16-17,19H,2,8-14H2,1H3,(H,21,26)(H,24,25). The topological polar surface area (TPSA) is 72.9 Å². The molecule has 3 rings (SSSR count). The largest absolute Gasteiger partial charge is 0.480 e. The second-order valence-corrected chi connectivity index (χ2v) is 8.47. The molecule has 0 aromatic heterocycles. The second kappa shape index (κ2) is 9.57. The Bertz CT molecular complexity index is 631. The summed E-state index contributed by atoms with van der Waals surface area (Å²) in [7, 11) is 0. The van der Waals surface area contributed by atoms with Gasteiger partial charge in [0.05, 0.1) is 6.54 Å². The maximum atomic E-state index is 13.1. The number of rotatable bonds is 8. The lowest BCUT2D eigenvalue weighted by molar-refractivity contribution is -0.140. The number of amides is 1. The third kappa shape index (κ3) is 5.24.